The molecule has 1 heterocycles. The van der Waals surface area contributed by atoms with E-state index >= 15 is 0 Å². The third-order valence-corrected chi connectivity index (χ3v) is 2.50. The second-order valence-corrected chi connectivity index (χ2v) is 3.44. The van der Waals surface area contributed by atoms with E-state index in [1.54, 1.807) is 6.26 Å². The van der Waals surface area contributed by atoms with E-state index in [2.05, 4.69) is 18.2 Å². The Morgan fingerprint density at radius 2 is 1.93 bits per heavy atom. The molecule has 0 atom stereocenters. The average Bonchev–Trinajstić information content (AvgIpc) is 2.74. The zero-order valence-electron chi connectivity index (χ0n) is 8.10. The van der Waals surface area contributed by atoms with Crippen LogP contribution in [0.15, 0.2) is 59.2 Å². The minimum absolute atomic E-state index is 0.927. The molecule has 3 rings (SSSR count). The van der Waals surface area contributed by atoms with E-state index in [1.165, 1.54) is 0 Å². The first-order chi connectivity index (χ1) is 7.45. The summed E-state index contributed by atoms with van der Waals surface area (Å²) >= 11 is 0. The maximum atomic E-state index is 5.49. The van der Waals surface area contributed by atoms with Crippen molar-refractivity contribution in [1.82, 2.24) is 0 Å². The number of rotatable bonds is 1. The van der Waals surface area contributed by atoms with Gasteiger partial charge in [-0.3, -0.25) is 0 Å². The average molecular weight is 193 g/mol. The highest BCUT2D eigenvalue weighted by molar-refractivity contribution is 5.93. The minimum atomic E-state index is 0.927. The van der Waals surface area contributed by atoms with Gasteiger partial charge in [-0.2, -0.15) is 0 Å². The van der Waals surface area contributed by atoms with Gasteiger partial charge in [-0.05, 0) is 23.8 Å². The van der Waals surface area contributed by atoms with Crippen molar-refractivity contribution in [1.29, 1.82) is 0 Å². The smallest absolute Gasteiger partial charge is 0.134 e. The predicted molar refractivity (Wildman–Crippen MR) is 60.5 cm³/mol. The Balaban J connectivity index is 2.28. The first-order valence-electron chi connectivity index (χ1n) is 4.88. The van der Waals surface area contributed by atoms with E-state index in [1.807, 2.05) is 36.4 Å². The summed E-state index contributed by atoms with van der Waals surface area (Å²) in [7, 11) is 0. The zero-order valence-corrected chi connectivity index (χ0v) is 8.10. The van der Waals surface area contributed by atoms with Crippen LogP contribution in [0.5, 0.6) is 0 Å². The monoisotopic (exact) mass is 193 g/mol. The van der Waals surface area contributed by atoms with Crippen LogP contribution in [0.4, 0.5) is 0 Å². The van der Waals surface area contributed by atoms with Crippen molar-refractivity contribution < 1.29 is 4.42 Å². The molecule has 1 heteroatoms. The Kier molecular flexibility index (Phi) is 1.82. The third kappa shape index (κ3) is 1.33. The maximum Gasteiger partial charge on any atom is 0.134 e. The molecule has 15 heavy (non-hydrogen) atoms. The summed E-state index contributed by atoms with van der Waals surface area (Å²) in [6.45, 7) is 0. The molecule has 0 saturated carbocycles. The molecular formula is C14H9O. The van der Waals surface area contributed by atoms with Crippen molar-refractivity contribution in [3.63, 3.8) is 0 Å². The fourth-order valence-corrected chi connectivity index (χ4v) is 1.76. The Bertz CT molecular complexity index is 578. The molecule has 1 aromatic heterocycles. The van der Waals surface area contributed by atoms with Crippen LogP contribution in [0.2, 0.25) is 0 Å². The number of hydrogen-bond donors (Lipinski definition) is 0. The Hall–Kier alpha value is -2.02. The van der Waals surface area contributed by atoms with Crippen LogP contribution in [-0.2, 0) is 0 Å². The van der Waals surface area contributed by atoms with Gasteiger partial charge in [0.2, 0.25) is 0 Å². The van der Waals surface area contributed by atoms with Gasteiger partial charge in [0.25, 0.3) is 0 Å². The molecule has 0 saturated heterocycles. The van der Waals surface area contributed by atoms with Crippen molar-refractivity contribution in [3.8, 4) is 11.1 Å². The fraction of sp³-hybridized carbons (Fsp3) is 0. The molecule has 0 spiro atoms. The summed E-state index contributed by atoms with van der Waals surface area (Å²) in [5.74, 6) is 0. The highest BCUT2D eigenvalue weighted by Gasteiger charge is 2.05. The Labute approximate surface area is 88.0 Å². The summed E-state index contributed by atoms with van der Waals surface area (Å²) < 4.78 is 5.49. The molecule has 0 N–H and O–H groups in total. The third-order valence-electron chi connectivity index (χ3n) is 2.50. The van der Waals surface area contributed by atoms with Crippen molar-refractivity contribution in [2.45, 2.75) is 0 Å². The molecule has 0 aliphatic heterocycles. The minimum Gasteiger partial charge on any atom is -0.464 e. The summed E-state index contributed by atoms with van der Waals surface area (Å²) in [5, 5.41) is 1.15. The van der Waals surface area contributed by atoms with Crippen LogP contribution in [0.25, 0.3) is 22.1 Å². The van der Waals surface area contributed by atoms with Crippen LogP contribution >= 0.6 is 0 Å². The zero-order chi connectivity index (χ0) is 10.1. The molecule has 0 bridgehead atoms. The molecule has 3 aromatic rings. The first kappa shape index (κ1) is 8.30. The molecule has 0 fully saturated rings. The van der Waals surface area contributed by atoms with E-state index in [0.29, 0.717) is 0 Å². The van der Waals surface area contributed by atoms with E-state index < -0.39 is 0 Å². The highest BCUT2D eigenvalue weighted by Crippen LogP contribution is 2.29. The lowest BCUT2D eigenvalue weighted by Crippen LogP contribution is -1.73. The summed E-state index contributed by atoms with van der Waals surface area (Å²) in [5.41, 5.74) is 3.20. The van der Waals surface area contributed by atoms with Crippen LogP contribution in [0, 0.1) is 6.07 Å². The highest BCUT2D eigenvalue weighted by atomic mass is 16.3. The van der Waals surface area contributed by atoms with Crippen molar-refractivity contribution in [2.75, 3.05) is 0 Å². The Morgan fingerprint density at radius 3 is 2.80 bits per heavy atom. The van der Waals surface area contributed by atoms with Gasteiger partial charge in [0.05, 0.1) is 6.26 Å². The van der Waals surface area contributed by atoms with Gasteiger partial charge in [0, 0.05) is 10.9 Å². The van der Waals surface area contributed by atoms with Crippen LogP contribution in [-0.4, -0.2) is 0 Å². The van der Waals surface area contributed by atoms with Crippen LogP contribution in [0.1, 0.15) is 0 Å². The van der Waals surface area contributed by atoms with Gasteiger partial charge in [-0.1, -0.05) is 36.4 Å². The Morgan fingerprint density at radius 1 is 1.00 bits per heavy atom. The molecule has 71 valence electrons. The topological polar surface area (TPSA) is 13.1 Å². The lowest BCUT2D eigenvalue weighted by molar-refractivity contribution is 0.617. The summed E-state index contributed by atoms with van der Waals surface area (Å²) in [6, 6.07) is 19.0. The van der Waals surface area contributed by atoms with E-state index in [9.17, 15) is 0 Å². The number of para-hydroxylation sites is 1. The first-order valence-corrected chi connectivity index (χ1v) is 4.88. The summed E-state index contributed by atoms with van der Waals surface area (Å²) in [6.07, 6.45) is 1.80. The van der Waals surface area contributed by atoms with Crippen LogP contribution in [0.3, 0.4) is 0 Å². The largest absolute Gasteiger partial charge is 0.464 e. The number of furan rings is 1. The van der Waals surface area contributed by atoms with Crippen molar-refractivity contribution >= 4 is 11.0 Å². The fourth-order valence-electron chi connectivity index (χ4n) is 1.76. The van der Waals surface area contributed by atoms with E-state index in [0.717, 1.165) is 22.1 Å². The molecule has 1 radical (unpaired) electrons. The van der Waals surface area contributed by atoms with Crippen molar-refractivity contribution in [2.24, 2.45) is 0 Å². The molecule has 0 aliphatic carbocycles. The van der Waals surface area contributed by atoms with Gasteiger partial charge in [0.1, 0.15) is 5.58 Å². The lowest BCUT2D eigenvalue weighted by Gasteiger charge is -1.96. The molecule has 0 amide bonds. The predicted octanol–water partition coefficient (Wildman–Crippen LogP) is 3.90. The number of fused-ring (bicyclic) bond motifs is 1. The second-order valence-electron chi connectivity index (χ2n) is 3.44. The molecule has 0 aliphatic rings. The SMILES string of the molecule is [c]1cccc(-c2coc3ccccc23)c1. The van der Waals surface area contributed by atoms with Gasteiger partial charge < -0.3 is 4.42 Å². The quantitative estimate of drug-likeness (QED) is 0.571. The van der Waals surface area contributed by atoms with E-state index in [4.69, 9.17) is 4.42 Å². The maximum absolute atomic E-state index is 5.49. The van der Waals surface area contributed by atoms with Gasteiger partial charge in [-0.25, -0.2) is 0 Å². The normalized spacial score (nSPS) is 10.7. The molecule has 1 nitrogen and oxygen atoms in total. The van der Waals surface area contributed by atoms with Crippen molar-refractivity contribution in [3.05, 3.63) is 60.9 Å². The lowest BCUT2D eigenvalue weighted by atomic mass is 10.1. The van der Waals surface area contributed by atoms with Crippen LogP contribution < -0.4 is 0 Å². The second kappa shape index (κ2) is 3.28. The van der Waals surface area contributed by atoms with Gasteiger partial charge in [-0.15, -0.1) is 0 Å². The van der Waals surface area contributed by atoms with E-state index in [-0.39, 0.29) is 0 Å². The molecular weight excluding hydrogens is 184 g/mol. The van der Waals surface area contributed by atoms with Gasteiger partial charge >= 0.3 is 0 Å². The number of benzene rings is 2. The van der Waals surface area contributed by atoms with Gasteiger partial charge in [0.15, 0.2) is 0 Å². The summed E-state index contributed by atoms with van der Waals surface area (Å²) in [4.78, 5) is 0. The standard InChI is InChI=1S/C14H9O/c1-2-6-11(7-3-1)13-10-15-14-9-5-4-8-12(13)14/h1-2,4-10H. The molecule has 2 aromatic carbocycles. The molecule has 0 unspecified atom stereocenters. The number of hydrogen-bond acceptors (Lipinski definition) is 1.